The number of carbonyl (C=O) groups excluding carboxylic acids is 4. The highest BCUT2D eigenvalue weighted by Gasteiger charge is 2.52. The van der Waals surface area contributed by atoms with Crippen LogP contribution < -0.4 is 16.0 Å². The lowest BCUT2D eigenvalue weighted by molar-refractivity contribution is -0.165. The maximum atomic E-state index is 14.8. The average molecular weight is 721 g/mol. The molecule has 0 aliphatic rings. The van der Waals surface area contributed by atoms with Crippen molar-refractivity contribution in [1.29, 1.82) is 0 Å². The topological polar surface area (TPSA) is 104 Å². The summed E-state index contributed by atoms with van der Waals surface area (Å²) in [4.78, 5) is 51.9. The molecule has 3 unspecified atom stereocenters. The molecular weight excluding hydrogens is 692 g/mol. The summed E-state index contributed by atoms with van der Waals surface area (Å²) in [5, 5.41) is 6.53. The van der Waals surface area contributed by atoms with Crippen molar-refractivity contribution in [3.8, 4) is 0 Å². The second kappa shape index (κ2) is 15.9. The van der Waals surface area contributed by atoms with Gasteiger partial charge in [0.1, 0.15) is 12.6 Å². The molecule has 0 saturated carbocycles. The zero-order chi connectivity index (χ0) is 35.1. The Kier molecular flexibility index (Phi) is 12.8. The fraction of sp³-hybridized carbons (Fsp3) is 0.312. The van der Waals surface area contributed by atoms with Gasteiger partial charge in [0.25, 0.3) is 5.91 Å². The van der Waals surface area contributed by atoms with Gasteiger partial charge in [-0.25, -0.2) is 0 Å². The van der Waals surface area contributed by atoms with Crippen LogP contribution in [0.3, 0.4) is 0 Å². The fourth-order valence-electron chi connectivity index (χ4n) is 4.57. The molecule has 0 heterocycles. The van der Waals surface area contributed by atoms with Crippen molar-refractivity contribution in [3.63, 3.8) is 0 Å². The normalized spacial score (nSPS) is 13.8. The molecule has 0 aromatic heterocycles. The second-order valence-electron chi connectivity index (χ2n) is 10.9. The van der Waals surface area contributed by atoms with E-state index in [2.05, 4.69) is 10.6 Å². The largest absolute Gasteiger partial charge is 0.405 e. The highest BCUT2D eigenvalue weighted by molar-refractivity contribution is 6.42. The number of rotatable bonds is 13. The first-order valence-corrected chi connectivity index (χ1v) is 15.2. The first kappa shape index (κ1) is 37.7. The van der Waals surface area contributed by atoms with Crippen LogP contribution in [0.5, 0.6) is 0 Å². The van der Waals surface area contributed by atoms with Gasteiger partial charge in [-0.3, -0.25) is 19.2 Å². The number of Topliss-reactive ketones (excluding diaryl/α,β-unsaturated/α-hetero) is 1. The molecule has 7 nitrogen and oxygen atoms in total. The maximum absolute atomic E-state index is 14.8. The van der Waals surface area contributed by atoms with Gasteiger partial charge in [0.05, 0.1) is 16.1 Å². The Bertz CT molecular complexity index is 1590. The molecule has 3 aromatic carbocycles. The van der Waals surface area contributed by atoms with Gasteiger partial charge in [-0.15, -0.1) is 0 Å². The van der Waals surface area contributed by atoms with E-state index in [0.29, 0.717) is 10.6 Å². The minimum absolute atomic E-state index is 0.163. The summed E-state index contributed by atoms with van der Waals surface area (Å²) >= 11 is 18.3. The molecule has 3 aromatic rings. The zero-order valence-corrected chi connectivity index (χ0v) is 27.1. The predicted octanol–water partition coefficient (Wildman–Crippen LogP) is 7.05. The third-order valence-electron chi connectivity index (χ3n) is 7.00. The monoisotopic (exact) mass is 719 g/mol. The van der Waals surface area contributed by atoms with Crippen molar-refractivity contribution in [3.05, 3.63) is 105 Å². The summed E-state index contributed by atoms with van der Waals surface area (Å²) in [5.74, 6) is -12.9. The summed E-state index contributed by atoms with van der Waals surface area (Å²) in [6.07, 6.45) is -5.23. The molecule has 0 saturated heterocycles. The molecule has 3 rings (SSSR count). The predicted molar refractivity (Wildman–Crippen MR) is 167 cm³/mol. The third-order valence-corrected chi connectivity index (χ3v) is 7.99. The number of halogens is 8. The molecule has 3 atom stereocenters. The number of ketones is 1. The SMILES string of the molecule is CC(C)C(NC(=O)C(NC(=O)CC(c1ccccc1)c1ccc(Cl)c(Cl)c1)c1ccc(Cl)cc1)C(=O)C(F)(F)C(=O)NCC(F)(F)F. The van der Waals surface area contributed by atoms with E-state index in [1.165, 1.54) is 38.1 Å². The molecule has 0 aliphatic carbocycles. The van der Waals surface area contributed by atoms with Gasteiger partial charge in [-0.1, -0.05) is 97.2 Å². The van der Waals surface area contributed by atoms with Crippen molar-refractivity contribution < 1.29 is 41.1 Å². The van der Waals surface area contributed by atoms with E-state index in [0.717, 1.165) is 10.9 Å². The molecule has 3 amide bonds. The second-order valence-corrected chi connectivity index (χ2v) is 12.1. The molecule has 0 bridgehead atoms. The number of amides is 3. The van der Waals surface area contributed by atoms with Crippen LogP contribution in [0, 0.1) is 5.92 Å². The summed E-state index contributed by atoms with van der Waals surface area (Å²) < 4.78 is 67.0. The number of carbonyl (C=O) groups is 4. The number of nitrogens with one attached hydrogen (secondary N) is 3. The van der Waals surface area contributed by atoms with Crippen LogP contribution in [-0.4, -0.2) is 48.2 Å². The van der Waals surface area contributed by atoms with Crippen LogP contribution in [-0.2, 0) is 19.2 Å². The maximum Gasteiger partial charge on any atom is 0.405 e. The van der Waals surface area contributed by atoms with E-state index in [1.54, 1.807) is 48.5 Å². The van der Waals surface area contributed by atoms with Crippen molar-refractivity contribution in [1.82, 2.24) is 16.0 Å². The lowest BCUT2D eigenvalue weighted by atomic mass is 9.88. The van der Waals surface area contributed by atoms with Gasteiger partial charge in [-0.2, -0.15) is 22.0 Å². The van der Waals surface area contributed by atoms with Crippen LogP contribution in [0.25, 0.3) is 0 Å². The number of benzene rings is 3. The van der Waals surface area contributed by atoms with E-state index < -0.39 is 66.1 Å². The van der Waals surface area contributed by atoms with Gasteiger partial charge in [-0.05, 0) is 46.9 Å². The zero-order valence-electron chi connectivity index (χ0n) is 24.8. The Morgan fingerprint density at radius 1 is 0.745 bits per heavy atom. The summed E-state index contributed by atoms with van der Waals surface area (Å²) in [6.45, 7) is 0.471. The van der Waals surface area contributed by atoms with Crippen molar-refractivity contribution in [2.24, 2.45) is 5.92 Å². The minimum Gasteiger partial charge on any atom is -0.344 e. The summed E-state index contributed by atoms with van der Waals surface area (Å²) in [6, 6.07) is 15.8. The Morgan fingerprint density at radius 3 is 1.89 bits per heavy atom. The van der Waals surface area contributed by atoms with Crippen LogP contribution in [0.1, 0.15) is 48.9 Å². The lowest BCUT2D eigenvalue weighted by Crippen LogP contribution is -2.58. The molecule has 252 valence electrons. The highest BCUT2D eigenvalue weighted by atomic mass is 35.5. The van der Waals surface area contributed by atoms with Crippen LogP contribution in [0.2, 0.25) is 15.1 Å². The first-order chi connectivity index (χ1) is 21.9. The first-order valence-electron chi connectivity index (χ1n) is 14.0. The molecule has 0 aliphatic heterocycles. The van der Waals surface area contributed by atoms with Crippen LogP contribution in [0.4, 0.5) is 22.0 Å². The van der Waals surface area contributed by atoms with Gasteiger partial charge < -0.3 is 16.0 Å². The number of hydrogen-bond donors (Lipinski definition) is 3. The highest BCUT2D eigenvalue weighted by Crippen LogP contribution is 2.33. The summed E-state index contributed by atoms with van der Waals surface area (Å²) in [7, 11) is 0. The minimum atomic E-state index is -5.01. The Hall–Kier alpha value is -3.74. The average Bonchev–Trinajstić information content (AvgIpc) is 3.01. The van der Waals surface area contributed by atoms with Gasteiger partial charge in [0.15, 0.2) is 0 Å². The Balaban J connectivity index is 1.90. The molecule has 15 heteroatoms. The molecular formula is C32H29Cl3F5N3O4. The standard InChI is InChI=1S/C32H29Cl3F5N3O4/c1-17(2)26(28(45)32(39,40)30(47)41-16-31(36,37)38)43-29(46)27(19-8-11-21(33)12-9-19)42-25(44)15-22(18-6-4-3-5-7-18)20-10-13-23(34)24(35)14-20/h3-14,17,22,26-27H,15-16H2,1-2H3,(H,41,47)(H,42,44)(H,43,46). The van der Waals surface area contributed by atoms with Gasteiger partial charge >= 0.3 is 12.1 Å². The number of hydrogen-bond acceptors (Lipinski definition) is 4. The van der Waals surface area contributed by atoms with Crippen molar-refractivity contribution in [2.45, 2.75) is 50.4 Å². The van der Waals surface area contributed by atoms with Gasteiger partial charge in [0, 0.05) is 17.4 Å². The molecule has 47 heavy (non-hydrogen) atoms. The van der Waals surface area contributed by atoms with E-state index in [9.17, 15) is 41.1 Å². The lowest BCUT2D eigenvalue weighted by Gasteiger charge is -2.28. The third kappa shape index (κ3) is 10.4. The van der Waals surface area contributed by atoms with E-state index in [-0.39, 0.29) is 22.0 Å². The van der Waals surface area contributed by atoms with E-state index in [1.807, 2.05) is 0 Å². The van der Waals surface area contributed by atoms with Crippen LogP contribution >= 0.6 is 34.8 Å². The smallest absolute Gasteiger partial charge is 0.344 e. The van der Waals surface area contributed by atoms with E-state index in [4.69, 9.17) is 34.8 Å². The molecule has 0 spiro atoms. The van der Waals surface area contributed by atoms with E-state index >= 15 is 0 Å². The fourth-order valence-corrected chi connectivity index (χ4v) is 5.01. The molecule has 3 N–H and O–H groups in total. The van der Waals surface area contributed by atoms with Gasteiger partial charge in [0.2, 0.25) is 17.6 Å². The quantitative estimate of drug-likeness (QED) is 0.130. The molecule has 0 fully saturated rings. The van der Waals surface area contributed by atoms with Crippen molar-refractivity contribution >= 4 is 58.3 Å². The van der Waals surface area contributed by atoms with Crippen molar-refractivity contribution in [2.75, 3.05) is 6.54 Å². The Morgan fingerprint density at radius 2 is 1.34 bits per heavy atom. The Labute approximate surface area is 282 Å². The number of alkyl halides is 5. The van der Waals surface area contributed by atoms with Crippen LogP contribution in [0.15, 0.2) is 72.8 Å². The molecule has 0 radical (unpaired) electrons. The summed E-state index contributed by atoms with van der Waals surface area (Å²) in [5.41, 5.74) is 1.52.